The molecule has 0 aliphatic heterocycles. The molecular formula is C21H20N2O2. The van der Waals surface area contributed by atoms with Crippen molar-refractivity contribution in [2.24, 2.45) is 0 Å². The van der Waals surface area contributed by atoms with Gasteiger partial charge >= 0.3 is 0 Å². The van der Waals surface area contributed by atoms with Crippen LogP contribution in [-0.2, 0) is 6.42 Å². The zero-order valence-corrected chi connectivity index (χ0v) is 14.6. The molecule has 4 nitrogen and oxygen atoms in total. The van der Waals surface area contributed by atoms with Crippen LogP contribution in [0.2, 0.25) is 0 Å². The molecule has 1 aliphatic rings. The van der Waals surface area contributed by atoms with Gasteiger partial charge in [0, 0.05) is 11.6 Å². The summed E-state index contributed by atoms with van der Waals surface area (Å²) in [7, 11) is 0. The van der Waals surface area contributed by atoms with Crippen LogP contribution in [0.15, 0.2) is 47.0 Å². The fourth-order valence-corrected chi connectivity index (χ4v) is 3.47. The smallest absolute Gasteiger partial charge is 0.261 e. The van der Waals surface area contributed by atoms with Crippen LogP contribution in [0.4, 0.5) is 5.69 Å². The topological polar surface area (TPSA) is 55.1 Å². The van der Waals surface area contributed by atoms with Crippen LogP contribution in [0.1, 0.15) is 52.7 Å². The number of hydrogen-bond acceptors (Lipinski definition) is 3. The van der Waals surface area contributed by atoms with Gasteiger partial charge in [-0.2, -0.15) is 0 Å². The van der Waals surface area contributed by atoms with E-state index in [9.17, 15) is 4.79 Å². The molecule has 0 radical (unpaired) electrons. The van der Waals surface area contributed by atoms with Crippen molar-refractivity contribution in [1.29, 1.82) is 0 Å². The highest BCUT2D eigenvalue weighted by Gasteiger charge is 2.23. The molecule has 4 heteroatoms. The first-order valence-corrected chi connectivity index (χ1v) is 8.53. The summed E-state index contributed by atoms with van der Waals surface area (Å²) in [6, 6.07) is 14.5. The lowest BCUT2D eigenvalue weighted by atomic mass is 10.0. The second-order valence-corrected chi connectivity index (χ2v) is 6.82. The molecule has 0 spiro atoms. The number of fused-ring (bicyclic) bond motifs is 3. The molecule has 0 bridgehead atoms. The van der Waals surface area contributed by atoms with Crippen LogP contribution in [-0.4, -0.2) is 11.1 Å². The summed E-state index contributed by atoms with van der Waals surface area (Å²) in [6.45, 7) is 5.77. The van der Waals surface area contributed by atoms with Gasteiger partial charge in [0.25, 0.3) is 5.91 Å². The maximum Gasteiger partial charge on any atom is 0.261 e. The number of aryl methyl sites for hydroxylation is 1. The first kappa shape index (κ1) is 15.6. The van der Waals surface area contributed by atoms with Gasteiger partial charge in [0.05, 0.1) is 5.69 Å². The molecule has 1 aliphatic carbocycles. The molecule has 126 valence electrons. The number of rotatable bonds is 3. The van der Waals surface area contributed by atoms with Gasteiger partial charge in [-0.1, -0.05) is 49.3 Å². The van der Waals surface area contributed by atoms with E-state index in [2.05, 4.69) is 46.9 Å². The third-order valence-corrected chi connectivity index (χ3v) is 4.69. The van der Waals surface area contributed by atoms with Crippen LogP contribution >= 0.6 is 0 Å². The lowest BCUT2D eigenvalue weighted by Crippen LogP contribution is -2.15. The van der Waals surface area contributed by atoms with Gasteiger partial charge in [-0.15, -0.1) is 0 Å². The summed E-state index contributed by atoms with van der Waals surface area (Å²) in [5, 5.41) is 6.95. The van der Waals surface area contributed by atoms with E-state index in [4.69, 9.17) is 4.52 Å². The minimum Gasteiger partial charge on any atom is -0.360 e. The van der Waals surface area contributed by atoms with Gasteiger partial charge in [-0.25, -0.2) is 0 Å². The van der Waals surface area contributed by atoms with Gasteiger partial charge < -0.3 is 9.84 Å². The van der Waals surface area contributed by atoms with Crippen molar-refractivity contribution in [2.75, 3.05) is 5.32 Å². The molecule has 0 saturated carbocycles. The fourth-order valence-electron chi connectivity index (χ4n) is 3.47. The Bertz CT molecular complexity index is 970. The van der Waals surface area contributed by atoms with Gasteiger partial charge in [0.15, 0.2) is 5.76 Å². The van der Waals surface area contributed by atoms with Crippen molar-refractivity contribution in [1.82, 2.24) is 5.16 Å². The number of carbonyl (C=O) groups excluding carboxylic acids is 1. The molecule has 1 aromatic heterocycles. The molecule has 0 atom stereocenters. The third-order valence-electron chi connectivity index (χ3n) is 4.69. The Hall–Kier alpha value is -2.88. The van der Waals surface area contributed by atoms with Crippen LogP contribution < -0.4 is 5.32 Å². The molecule has 1 heterocycles. The lowest BCUT2D eigenvalue weighted by molar-refractivity contribution is 0.102. The average Bonchev–Trinajstić information content (AvgIpc) is 3.14. The lowest BCUT2D eigenvalue weighted by Gasteiger charge is -2.09. The zero-order valence-electron chi connectivity index (χ0n) is 14.6. The summed E-state index contributed by atoms with van der Waals surface area (Å²) in [6.07, 6.45) is 0.902. The van der Waals surface area contributed by atoms with E-state index >= 15 is 0 Å². The number of amides is 1. The van der Waals surface area contributed by atoms with Crippen molar-refractivity contribution in [3.63, 3.8) is 0 Å². The van der Waals surface area contributed by atoms with Crippen LogP contribution in [0.5, 0.6) is 0 Å². The summed E-state index contributed by atoms with van der Waals surface area (Å²) in [4.78, 5) is 12.7. The first-order valence-electron chi connectivity index (χ1n) is 8.53. The number of aromatic nitrogens is 1. The molecule has 3 aromatic rings. The number of hydrogen-bond donors (Lipinski definition) is 1. The van der Waals surface area contributed by atoms with E-state index in [1.807, 2.05) is 19.9 Å². The van der Waals surface area contributed by atoms with E-state index in [1.54, 1.807) is 6.92 Å². The summed E-state index contributed by atoms with van der Waals surface area (Å²) in [5.74, 6) is 0.568. The monoisotopic (exact) mass is 332 g/mol. The second-order valence-electron chi connectivity index (χ2n) is 6.82. The molecule has 0 unspecified atom stereocenters. The maximum atomic E-state index is 12.7. The minimum atomic E-state index is -0.169. The molecule has 4 rings (SSSR count). The summed E-state index contributed by atoms with van der Waals surface area (Å²) in [5.41, 5.74) is 7.06. The van der Waals surface area contributed by atoms with Gasteiger partial charge in [0.2, 0.25) is 0 Å². The average molecular weight is 332 g/mol. The van der Waals surface area contributed by atoms with E-state index < -0.39 is 0 Å². The van der Waals surface area contributed by atoms with E-state index in [1.165, 1.54) is 22.3 Å². The third kappa shape index (κ3) is 2.64. The molecule has 1 amide bonds. The summed E-state index contributed by atoms with van der Waals surface area (Å²) >= 11 is 0. The quantitative estimate of drug-likeness (QED) is 0.579. The highest BCUT2D eigenvalue weighted by Crippen LogP contribution is 2.37. The van der Waals surface area contributed by atoms with Crippen LogP contribution in [0, 0.1) is 6.92 Å². The van der Waals surface area contributed by atoms with E-state index in [-0.39, 0.29) is 11.8 Å². The fraction of sp³-hybridized carbons (Fsp3) is 0.238. The SMILES string of the molecule is Cc1noc(C(C)C)c1C(=O)Nc1ccc2c(c1)Cc1ccccc1-2. The number of benzene rings is 2. The predicted molar refractivity (Wildman–Crippen MR) is 98.0 cm³/mol. The molecule has 0 saturated heterocycles. The first-order chi connectivity index (χ1) is 12.0. The molecule has 0 fully saturated rings. The Labute approximate surface area is 146 Å². The number of anilines is 1. The van der Waals surface area contributed by atoms with Crippen LogP contribution in [0.3, 0.4) is 0 Å². The van der Waals surface area contributed by atoms with Crippen molar-refractivity contribution in [2.45, 2.75) is 33.1 Å². The Kier molecular flexibility index (Phi) is 3.68. The predicted octanol–water partition coefficient (Wildman–Crippen LogP) is 4.93. The van der Waals surface area contributed by atoms with Gasteiger partial charge in [-0.3, -0.25) is 4.79 Å². The van der Waals surface area contributed by atoms with E-state index in [0.717, 1.165) is 12.1 Å². The largest absolute Gasteiger partial charge is 0.360 e. The Morgan fingerprint density at radius 1 is 1.12 bits per heavy atom. The second kappa shape index (κ2) is 5.88. The zero-order chi connectivity index (χ0) is 17.6. The van der Waals surface area contributed by atoms with Crippen molar-refractivity contribution < 1.29 is 9.32 Å². The Balaban J connectivity index is 1.62. The molecule has 25 heavy (non-hydrogen) atoms. The Morgan fingerprint density at radius 3 is 2.68 bits per heavy atom. The van der Waals surface area contributed by atoms with Crippen molar-refractivity contribution in [3.05, 3.63) is 70.6 Å². The maximum absolute atomic E-state index is 12.7. The summed E-state index contributed by atoms with van der Waals surface area (Å²) < 4.78 is 5.32. The van der Waals surface area contributed by atoms with Gasteiger partial charge in [-0.05, 0) is 47.7 Å². The normalized spacial score (nSPS) is 12.2. The number of nitrogens with one attached hydrogen (secondary N) is 1. The standard InChI is InChI=1S/C21H20N2O2/c1-12(2)20-19(13(3)23-25-20)21(24)22-16-8-9-18-15(11-16)10-14-6-4-5-7-17(14)18/h4-9,11-12H,10H2,1-3H3,(H,22,24). The Morgan fingerprint density at radius 2 is 1.88 bits per heavy atom. The van der Waals surface area contributed by atoms with Crippen molar-refractivity contribution >= 4 is 11.6 Å². The molecular weight excluding hydrogens is 312 g/mol. The van der Waals surface area contributed by atoms with Crippen molar-refractivity contribution in [3.8, 4) is 11.1 Å². The van der Waals surface area contributed by atoms with Gasteiger partial charge in [0.1, 0.15) is 5.56 Å². The minimum absolute atomic E-state index is 0.108. The highest BCUT2D eigenvalue weighted by atomic mass is 16.5. The molecule has 1 N–H and O–H groups in total. The van der Waals surface area contributed by atoms with E-state index in [0.29, 0.717) is 17.0 Å². The molecule has 2 aromatic carbocycles. The highest BCUT2D eigenvalue weighted by molar-refractivity contribution is 6.06. The number of nitrogens with zero attached hydrogens (tertiary/aromatic N) is 1. The van der Waals surface area contributed by atoms with Crippen LogP contribution in [0.25, 0.3) is 11.1 Å². The number of carbonyl (C=O) groups is 1.